The third-order valence-electron chi connectivity index (χ3n) is 4.40. The van der Waals surface area contributed by atoms with Gasteiger partial charge in [0.05, 0.1) is 27.8 Å². The van der Waals surface area contributed by atoms with Crippen LogP contribution in [-0.4, -0.2) is 48.9 Å². The summed E-state index contributed by atoms with van der Waals surface area (Å²) in [6.07, 6.45) is 1.37. The number of benzene rings is 2. The van der Waals surface area contributed by atoms with E-state index in [0.717, 1.165) is 0 Å². The molecule has 0 aromatic heterocycles. The number of carbonyl (C=O) groups is 3. The molecule has 34 heavy (non-hydrogen) atoms. The molecule has 0 heterocycles. The molecular formula is C22H22BrCl2N3O6. The van der Waals surface area contributed by atoms with Crippen molar-refractivity contribution in [2.24, 2.45) is 11.0 Å². The smallest absolute Gasteiger partial charge is 0.341 e. The first-order valence-electron chi connectivity index (χ1n) is 9.84. The van der Waals surface area contributed by atoms with Gasteiger partial charge in [0.25, 0.3) is 11.8 Å². The van der Waals surface area contributed by atoms with E-state index in [9.17, 15) is 14.4 Å². The van der Waals surface area contributed by atoms with Gasteiger partial charge < -0.3 is 19.9 Å². The molecule has 0 fully saturated rings. The number of nitrogens with one attached hydrogen (secondary N) is 2. The lowest BCUT2D eigenvalue weighted by Gasteiger charge is -2.20. The second-order valence-corrected chi connectivity index (χ2v) is 8.94. The SMILES string of the molecule is COc1cc(C=NNC(=O)C(NC(=O)c2ccc(Cl)c(Cl)c2)C(C)C)cc(Br)c1OCC(=O)O. The van der Waals surface area contributed by atoms with E-state index in [1.807, 2.05) is 0 Å². The zero-order valence-corrected chi connectivity index (χ0v) is 21.5. The first-order valence-corrected chi connectivity index (χ1v) is 11.4. The fourth-order valence-electron chi connectivity index (χ4n) is 2.73. The van der Waals surface area contributed by atoms with Crippen molar-refractivity contribution in [3.63, 3.8) is 0 Å². The molecule has 3 N–H and O–H groups in total. The van der Waals surface area contributed by atoms with Crippen LogP contribution in [0.4, 0.5) is 0 Å². The van der Waals surface area contributed by atoms with Gasteiger partial charge in [-0.2, -0.15) is 5.10 Å². The van der Waals surface area contributed by atoms with Crippen LogP contribution in [0.25, 0.3) is 0 Å². The number of carbonyl (C=O) groups excluding carboxylic acids is 2. The molecule has 9 nitrogen and oxygen atoms in total. The minimum atomic E-state index is -1.13. The molecule has 0 aliphatic carbocycles. The van der Waals surface area contributed by atoms with E-state index >= 15 is 0 Å². The maximum atomic E-state index is 12.7. The lowest BCUT2D eigenvalue weighted by atomic mass is 10.0. The Bertz CT molecular complexity index is 1110. The van der Waals surface area contributed by atoms with Gasteiger partial charge >= 0.3 is 5.97 Å². The third-order valence-corrected chi connectivity index (χ3v) is 5.73. The van der Waals surface area contributed by atoms with Crippen LogP contribution in [0, 0.1) is 5.92 Å². The monoisotopic (exact) mass is 573 g/mol. The molecule has 0 bridgehead atoms. The number of hydrogen-bond donors (Lipinski definition) is 3. The average molecular weight is 575 g/mol. The van der Waals surface area contributed by atoms with Gasteiger partial charge in [-0.25, -0.2) is 10.2 Å². The molecule has 2 aromatic carbocycles. The van der Waals surface area contributed by atoms with E-state index in [0.29, 0.717) is 15.1 Å². The van der Waals surface area contributed by atoms with Crippen LogP contribution in [0.3, 0.4) is 0 Å². The quantitative estimate of drug-likeness (QED) is 0.289. The predicted molar refractivity (Wildman–Crippen MR) is 132 cm³/mol. The summed E-state index contributed by atoms with van der Waals surface area (Å²) in [6.45, 7) is 3.02. The van der Waals surface area contributed by atoms with Crippen LogP contribution in [0.2, 0.25) is 10.0 Å². The summed E-state index contributed by atoms with van der Waals surface area (Å²) in [5.74, 6) is -1.88. The van der Waals surface area contributed by atoms with Crippen molar-refractivity contribution >= 4 is 63.1 Å². The van der Waals surface area contributed by atoms with E-state index in [1.165, 1.54) is 31.5 Å². The summed E-state index contributed by atoms with van der Waals surface area (Å²) >= 11 is 15.1. The summed E-state index contributed by atoms with van der Waals surface area (Å²) < 4.78 is 10.9. The van der Waals surface area contributed by atoms with E-state index in [1.54, 1.807) is 26.0 Å². The van der Waals surface area contributed by atoms with Gasteiger partial charge in [-0.05, 0) is 57.7 Å². The lowest BCUT2D eigenvalue weighted by molar-refractivity contribution is -0.139. The highest BCUT2D eigenvalue weighted by molar-refractivity contribution is 9.10. The fourth-order valence-corrected chi connectivity index (χ4v) is 3.60. The Morgan fingerprint density at radius 1 is 1.18 bits per heavy atom. The van der Waals surface area contributed by atoms with Gasteiger partial charge in [-0.3, -0.25) is 9.59 Å². The number of carboxylic acid groups (broad SMARTS) is 1. The van der Waals surface area contributed by atoms with Crippen molar-refractivity contribution in [1.29, 1.82) is 0 Å². The van der Waals surface area contributed by atoms with Crippen LogP contribution >= 0.6 is 39.1 Å². The number of hydrogen-bond acceptors (Lipinski definition) is 6. The number of rotatable bonds is 10. The first-order chi connectivity index (χ1) is 16.0. The summed E-state index contributed by atoms with van der Waals surface area (Å²) in [4.78, 5) is 36.0. The largest absolute Gasteiger partial charge is 0.493 e. The van der Waals surface area contributed by atoms with Crippen molar-refractivity contribution in [2.75, 3.05) is 13.7 Å². The van der Waals surface area contributed by atoms with Gasteiger partial charge in [0.15, 0.2) is 18.1 Å². The van der Waals surface area contributed by atoms with Gasteiger partial charge in [0.2, 0.25) is 0 Å². The molecule has 1 unspecified atom stereocenters. The number of aliphatic carboxylic acids is 1. The fraction of sp³-hybridized carbons (Fsp3) is 0.273. The summed E-state index contributed by atoms with van der Waals surface area (Å²) in [5.41, 5.74) is 3.20. The molecule has 2 aromatic rings. The van der Waals surface area contributed by atoms with Crippen LogP contribution in [0.1, 0.15) is 29.8 Å². The Labute approximate surface area is 214 Å². The van der Waals surface area contributed by atoms with Gasteiger partial charge in [-0.15, -0.1) is 0 Å². The maximum absolute atomic E-state index is 12.7. The molecule has 0 spiro atoms. The maximum Gasteiger partial charge on any atom is 0.341 e. The number of hydrazone groups is 1. The Kier molecular flexibility index (Phi) is 10.2. The Balaban J connectivity index is 2.10. The van der Waals surface area contributed by atoms with Crippen molar-refractivity contribution in [2.45, 2.75) is 19.9 Å². The highest BCUT2D eigenvalue weighted by Crippen LogP contribution is 2.36. The van der Waals surface area contributed by atoms with Crippen molar-refractivity contribution < 1.29 is 29.0 Å². The van der Waals surface area contributed by atoms with Gasteiger partial charge in [0, 0.05) is 5.56 Å². The molecular weight excluding hydrogens is 553 g/mol. The average Bonchev–Trinajstić information content (AvgIpc) is 2.77. The van der Waals surface area contributed by atoms with Crippen LogP contribution in [0.15, 0.2) is 39.9 Å². The van der Waals surface area contributed by atoms with Crippen molar-refractivity contribution in [1.82, 2.24) is 10.7 Å². The summed E-state index contributed by atoms with van der Waals surface area (Å²) in [7, 11) is 1.40. The molecule has 0 aliphatic heterocycles. The van der Waals surface area contributed by atoms with Crippen molar-refractivity contribution in [3.8, 4) is 11.5 Å². The van der Waals surface area contributed by atoms with Gasteiger partial charge in [0.1, 0.15) is 6.04 Å². The molecule has 0 saturated heterocycles. The Morgan fingerprint density at radius 2 is 1.88 bits per heavy atom. The first kappa shape index (κ1) is 27.4. The predicted octanol–water partition coefficient (Wildman–Crippen LogP) is 4.13. The second kappa shape index (κ2) is 12.6. The molecule has 182 valence electrons. The highest BCUT2D eigenvalue weighted by Gasteiger charge is 2.25. The number of halogens is 3. The topological polar surface area (TPSA) is 126 Å². The van der Waals surface area contributed by atoms with E-state index in [2.05, 4.69) is 31.8 Å². The minimum Gasteiger partial charge on any atom is -0.493 e. The lowest BCUT2D eigenvalue weighted by Crippen LogP contribution is -2.48. The number of amides is 2. The van der Waals surface area contributed by atoms with E-state index < -0.39 is 30.4 Å². The normalized spacial score (nSPS) is 11.9. The summed E-state index contributed by atoms with van der Waals surface area (Å²) in [5, 5.41) is 16.0. The van der Waals surface area contributed by atoms with Crippen LogP contribution < -0.4 is 20.2 Å². The summed E-state index contributed by atoms with van der Waals surface area (Å²) in [6, 6.07) is 6.73. The van der Waals surface area contributed by atoms with Crippen LogP contribution in [0.5, 0.6) is 11.5 Å². The molecule has 12 heteroatoms. The molecule has 0 aliphatic rings. The second-order valence-electron chi connectivity index (χ2n) is 7.27. The molecule has 2 amide bonds. The zero-order valence-electron chi connectivity index (χ0n) is 18.4. The Hall–Kier alpha value is -2.82. The molecule has 0 saturated carbocycles. The van der Waals surface area contributed by atoms with Crippen LogP contribution in [-0.2, 0) is 9.59 Å². The highest BCUT2D eigenvalue weighted by atomic mass is 79.9. The molecule has 2 rings (SSSR count). The molecule has 0 radical (unpaired) electrons. The molecule has 1 atom stereocenters. The van der Waals surface area contributed by atoms with E-state index in [-0.39, 0.29) is 28.0 Å². The standard InChI is InChI=1S/C22H22BrCl2N3O6/c1-11(2)19(27-21(31)13-4-5-15(24)16(25)8-13)22(32)28-26-9-12-6-14(23)20(17(7-12)33-3)34-10-18(29)30/h4-9,11,19H,10H2,1-3H3,(H,27,31)(H,28,32)(H,29,30). The Morgan fingerprint density at radius 3 is 2.47 bits per heavy atom. The zero-order chi connectivity index (χ0) is 25.4. The van der Waals surface area contributed by atoms with Gasteiger partial charge in [-0.1, -0.05) is 37.0 Å². The van der Waals surface area contributed by atoms with Crippen molar-refractivity contribution in [3.05, 3.63) is 56.0 Å². The third kappa shape index (κ3) is 7.61. The number of carboxylic acids is 1. The number of methoxy groups -OCH3 is 1. The minimum absolute atomic E-state index is 0.218. The number of ether oxygens (including phenoxy) is 2. The van der Waals surface area contributed by atoms with E-state index in [4.69, 9.17) is 37.8 Å². The number of nitrogens with zero attached hydrogens (tertiary/aromatic N) is 1.